The van der Waals surface area contributed by atoms with E-state index in [-0.39, 0.29) is 35.8 Å². The maximum Gasteiger partial charge on any atom is 0.336 e. The molecule has 0 spiro atoms. The molecule has 194 valence electrons. The Morgan fingerprint density at radius 3 is 2.22 bits per heavy atom. The van der Waals surface area contributed by atoms with Crippen molar-refractivity contribution < 1.29 is 19.1 Å². The molecule has 10 heteroatoms. The number of anilines is 1. The zero-order valence-corrected chi connectivity index (χ0v) is 21.5. The van der Waals surface area contributed by atoms with Crippen LogP contribution in [0.5, 0.6) is 0 Å². The standard InChI is InChI=1S/C26H29N3O6.ClH/c1-17-22(25(30)34-4)24(20-11-8-12-21(15-20)29(32)33)23(18(2)27-17)26(31)35-14-13-28(3)16-19-9-6-5-7-10-19;/h5-12,15,24,27H,13-14,16H2,1-4H3;1H/q-2;. The Morgan fingerprint density at radius 1 is 0.972 bits per heavy atom. The van der Waals surface area contributed by atoms with E-state index in [2.05, 4.69) is 5.32 Å². The molecule has 0 saturated heterocycles. The summed E-state index contributed by atoms with van der Waals surface area (Å²) < 4.78 is 10.6. The second kappa shape index (κ2) is 13.1. The number of rotatable bonds is 9. The van der Waals surface area contributed by atoms with E-state index in [1.54, 1.807) is 19.9 Å². The van der Waals surface area contributed by atoms with Crippen molar-refractivity contribution in [2.75, 3.05) is 32.5 Å². The first-order valence-corrected chi connectivity index (χ1v) is 11.1. The molecule has 0 saturated carbocycles. The number of ether oxygens (including phenoxy) is 2. The molecular formula is C26H30ClN3O6-2. The number of carbonyl (C=O) groups is 2. The number of esters is 2. The summed E-state index contributed by atoms with van der Waals surface area (Å²) in [6.45, 7) is 4.74. The fourth-order valence-corrected chi connectivity index (χ4v) is 4.14. The normalized spacial score (nSPS) is 15.2. The Morgan fingerprint density at radius 2 is 1.61 bits per heavy atom. The highest BCUT2D eigenvalue weighted by Crippen LogP contribution is 2.40. The number of benzene rings is 2. The number of methoxy groups -OCH3 is 1. The van der Waals surface area contributed by atoms with Crippen molar-refractivity contribution in [2.24, 2.45) is 0 Å². The number of dihydropyridines is 1. The number of likely N-dealkylation sites (N-methyl/N-ethyl adjacent to an activating group) is 1. The molecule has 1 heterocycles. The molecule has 0 fully saturated rings. The molecule has 0 aliphatic carbocycles. The molecule has 2 aromatic rings. The summed E-state index contributed by atoms with van der Waals surface area (Å²) in [6, 6.07) is 15.8. The van der Waals surface area contributed by atoms with Crippen LogP contribution >= 0.6 is 12.4 Å². The van der Waals surface area contributed by atoms with Crippen molar-refractivity contribution in [2.45, 2.75) is 26.3 Å². The minimum absolute atomic E-state index is 0. The second-order valence-electron chi connectivity index (χ2n) is 8.34. The third-order valence-corrected chi connectivity index (χ3v) is 5.80. The van der Waals surface area contributed by atoms with E-state index in [1.807, 2.05) is 42.3 Å². The summed E-state index contributed by atoms with van der Waals surface area (Å²) in [5.74, 6) is -2.11. The van der Waals surface area contributed by atoms with Crippen molar-refractivity contribution in [3.05, 3.63) is 98.7 Å². The first-order chi connectivity index (χ1) is 16.7. The third kappa shape index (κ3) is 6.86. The summed E-state index contributed by atoms with van der Waals surface area (Å²) in [5.41, 5.74) is 2.85. The lowest BCUT2D eigenvalue weighted by atomic mass is 9.80. The van der Waals surface area contributed by atoms with Crippen LogP contribution in [0.1, 0.15) is 30.9 Å². The van der Waals surface area contributed by atoms with Gasteiger partial charge in [0.05, 0.1) is 24.2 Å². The Kier molecular flexibility index (Phi) is 10.5. The smallest absolute Gasteiger partial charge is 0.336 e. The second-order valence-corrected chi connectivity index (χ2v) is 8.34. The van der Waals surface area contributed by atoms with Crippen molar-refractivity contribution in [3.63, 3.8) is 0 Å². The van der Waals surface area contributed by atoms with Crippen molar-refractivity contribution in [1.29, 1.82) is 0 Å². The number of nitrogens with zero attached hydrogens (tertiary/aromatic N) is 2. The van der Waals surface area contributed by atoms with Crippen LogP contribution in [0.25, 0.3) is 0 Å². The van der Waals surface area contributed by atoms with E-state index in [9.17, 15) is 20.0 Å². The SMILES string of the molecule is COC(=O)C1=C(C)NC(C)=C(C(=O)OCCN(C)Cc2ccccc2)C1c1cccc(N([O-])[O-])c1.Cl. The number of halogens is 1. The minimum Gasteiger partial charge on any atom is -0.769 e. The maximum absolute atomic E-state index is 13.3. The van der Waals surface area contributed by atoms with Gasteiger partial charge in [-0.25, -0.2) is 9.59 Å². The summed E-state index contributed by atoms with van der Waals surface area (Å²) in [4.78, 5) is 28.0. The minimum atomic E-state index is -0.877. The van der Waals surface area contributed by atoms with Gasteiger partial charge < -0.3 is 30.4 Å². The lowest BCUT2D eigenvalue weighted by Crippen LogP contribution is -2.33. The van der Waals surface area contributed by atoms with Gasteiger partial charge in [-0.05, 0) is 44.2 Å². The maximum atomic E-state index is 13.3. The molecule has 0 amide bonds. The summed E-state index contributed by atoms with van der Waals surface area (Å²) >= 11 is 0. The van der Waals surface area contributed by atoms with Crippen molar-refractivity contribution in [3.8, 4) is 0 Å². The summed E-state index contributed by atoms with van der Waals surface area (Å²) in [7, 11) is 3.18. The fourth-order valence-electron chi connectivity index (χ4n) is 4.14. The molecule has 0 bridgehead atoms. The van der Waals surface area contributed by atoms with Crippen LogP contribution in [-0.2, 0) is 25.6 Å². The average Bonchev–Trinajstić information content (AvgIpc) is 2.83. The van der Waals surface area contributed by atoms with Gasteiger partial charge in [0.15, 0.2) is 0 Å². The van der Waals surface area contributed by atoms with E-state index in [0.29, 0.717) is 30.0 Å². The lowest BCUT2D eigenvalue weighted by Gasteiger charge is -2.38. The molecule has 1 N–H and O–H groups in total. The van der Waals surface area contributed by atoms with Gasteiger partial charge in [0.1, 0.15) is 6.61 Å². The van der Waals surface area contributed by atoms with E-state index < -0.39 is 23.1 Å². The molecular weight excluding hydrogens is 486 g/mol. The molecule has 1 atom stereocenters. The van der Waals surface area contributed by atoms with Crippen LogP contribution in [0.3, 0.4) is 0 Å². The van der Waals surface area contributed by atoms with Gasteiger partial charge in [-0.3, -0.25) is 4.90 Å². The summed E-state index contributed by atoms with van der Waals surface area (Å²) in [5, 5.41) is 25.3. The molecule has 2 aromatic carbocycles. The lowest BCUT2D eigenvalue weighted by molar-refractivity contribution is -0.139. The number of hydrogen-bond donors (Lipinski definition) is 1. The Balaban J connectivity index is 0.00000456. The van der Waals surface area contributed by atoms with E-state index in [1.165, 1.54) is 25.3 Å². The molecule has 1 aliphatic rings. The molecule has 9 nitrogen and oxygen atoms in total. The van der Waals surface area contributed by atoms with Crippen molar-refractivity contribution >= 4 is 30.0 Å². The highest BCUT2D eigenvalue weighted by atomic mass is 35.5. The number of allylic oxidation sites excluding steroid dienone is 2. The number of hydrogen-bond acceptors (Lipinski definition) is 9. The van der Waals surface area contributed by atoms with Crippen LogP contribution in [0.15, 0.2) is 77.1 Å². The summed E-state index contributed by atoms with van der Waals surface area (Å²) in [6.07, 6.45) is 0. The van der Waals surface area contributed by atoms with E-state index in [0.717, 1.165) is 5.56 Å². The molecule has 0 aromatic heterocycles. The van der Waals surface area contributed by atoms with Gasteiger partial charge >= 0.3 is 11.9 Å². The first-order valence-electron chi connectivity index (χ1n) is 11.1. The number of carbonyl (C=O) groups excluding carboxylic acids is 2. The van der Waals surface area contributed by atoms with Crippen LogP contribution in [-0.4, -0.2) is 44.1 Å². The third-order valence-electron chi connectivity index (χ3n) is 5.80. The van der Waals surface area contributed by atoms with E-state index in [4.69, 9.17) is 9.47 Å². The van der Waals surface area contributed by atoms with Crippen LogP contribution in [0.2, 0.25) is 0 Å². The van der Waals surface area contributed by atoms with Gasteiger partial charge in [-0.1, -0.05) is 42.5 Å². The predicted octanol–water partition coefficient (Wildman–Crippen LogP) is 3.99. The zero-order chi connectivity index (χ0) is 25.5. The first kappa shape index (κ1) is 28.9. The molecule has 0 radical (unpaired) electrons. The Bertz CT molecular complexity index is 1130. The molecule has 1 unspecified atom stereocenters. The monoisotopic (exact) mass is 515 g/mol. The Labute approximate surface area is 216 Å². The molecule has 1 aliphatic heterocycles. The fraction of sp³-hybridized carbons (Fsp3) is 0.308. The van der Waals surface area contributed by atoms with Crippen LogP contribution in [0, 0.1) is 10.4 Å². The van der Waals surface area contributed by atoms with E-state index >= 15 is 0 Å². The van der Waals surface area contributed by atoms with Crippen LogP contribution < -0.4 is 10.5 Å². The Hall–Kier alpha value is -3.37. The van der Waals surface area contributed by atoms with Gasteiger partial charge in [0, 0.05) is 30.2 Å². The van der Waals surface area contributed by atoms with Crippen LogP contribution in [0.4, 0.5) is 5.69 Å². The zero-order valence-electron chi connectivity index (χ0n) is 20.6. The largest absolute Gasteiger partial charge is 0.769 e. The van der Waals surface area contributed by atoms with Gasteiger partial charge in [-0.2, -0.15) is 0 Å². The predicted molar refractivity (Wildman–Crippen MR) is 140 cm³/mol. The molecule has 3 rings (SSSR count). The topological polar surface area (TPSA) is 117 Å². The van der Waals surface area contributed by atoms with Gasteiger partial charge in [0.25, 0.3) is 0 Å². The quantitative estimate of drug-likeness (QED) is 0.390. The highest BCUT2D eigenvalue weighted by Gasteiger charge is 2.37. The van der Waals surface area contributed by atoms with Gasteiger partial charge in [-0.15, -0.1) is 12.4 Å². The van der Waals surface area contributed by atoms with Gasteiger partial charge in [0.2, 0.25) is 0 Å². The number of nitrogens with one attached hydrogen (secondary N) is 1. The average molecular weight is 516 g/mol. The molecule has 36 heavy (non-hydrogen) atoms. The van der Waals surface area contributed by atoms with Crippen molar-refractivity contribution in [1.82, 2.24) is 10.2 Å². The highest BCUT2D eigenvalue weighted by molar-refractivity contribution is 6.00.